The molecular formula is C18H16F3IN2O2. The van der Waals surface area contributed by atoms with Crippen molar-refractivity contribution < 1.29 is 22.8 Å². The first-order valence-corrected chi connectivity index (χ1v) is 8.72. The summed E-state index contributed by atoms with van der Waals surface area (Å²) in [6.45, 7) is 0. The van der Waals surface area contributed by atoms with Crippen molar-refractivity contribution in [2.24, 2.45) is 5.73 Å². The van der Waals surface area contributed by atoms with Gasteiger partial charge in [0, 0.05) is 9.99 Å². The maximum atomic E-state index is 12.5. The predicted molar refractivity (Wildman–Crippen MR) is 99.1 cm³/mol. The van der Waals surface area contributed by atoms with Gasteiger partial charge in [-0.2, -0.15) is 13.2 Å². The number of halogens is 4. The number of nitrogens with one attached hydrogen (secondary N) is 1. The van der Waals surface area contributed by atoms with Gasteiger partial charge in [0.25, 0.3) is 0 Å². The highest BCUT2D eigenvalue weighted by molar-refractivity contribution is 14.1. The molecule has 0 saturated heterocycles. The minimum atomic E-state index is -4.43. The summed E-state index contributed by atoms with van der Waals surface area (Å²) in [6.07, 6.45) is -4.33. The van der Waals surface area contributed by atoms with Crippen LogP contribution in [-0.4, -0.2) is 17.9 Å². The Balaban J connectivity index is 1.99. The molecule has 0 aliphatic carbocycles. The van der Waals surface area contributed by atoms with Crippen LogP contribution in [0.25, 0.3) is 0 Å². The van der Waals surface area contributed by atoms with E-state index in [1.54, 1.807) is 0 Å². The van der Waals surface area contributed by atoms with Gasteiger partial charge >= 0.3 is 6.18 Å². The van der Waals surface area contributed by atoms with Gasteiger partial charge in [0.1, 0.15) is 6.04 Å². The summed E-state index contributed by atoms with van der Waals surface area (Å²) in [5.41, 5.74) is 5.81. The van der Waals surface area contributed by atoms with Gasteiger partial charge in [-0.05, 0) is 58.0 Å². The van der Waals surface area contributed by atoms with Crippen LogP contribution in [0.5, 0.6) is 0 Å². The number of benzene rings is 2. The maximum absolute atomic E-state index is 12.5. The minimum absolute atomic E-state index is 0.144. The zero-order valence-electron chi connectivity index (χ0n) is 13.5. The number of rotatable bonds is 6. The van der Waals surface area contributed by atoms with Gasteiger partial charge in [0.05, 0.1) is 12.0 Å². The molecule has 0 aliphatic heterocycles. The van der Waals surface area contributed by atoms with Crippen LogP contribution in [0.4, 0.5) is 13.2 Å². The van der Waals surface area contributed by atoms with Crippen molar-refractivity contribution in [2.45, 2.75) is 25.1 Å². The fourth-order valence-corrected chi connectivity index (χ4v) is 2.68. The lowest BCUT2D eigenvalue weighted by Gasteiger charge is -2.16. The molecule has 0 aromatic heterocycles. The zero-order chi connectivity index (χ0) is 19.3. The average Bonchev–Trinajstić information content (AvgIpc) is 2.55. The highest BCUT2D eigenvalue weighted by atomic mass is 127. The van der Waals surface area contributed by atoms with Crippen LogP contribution in [0.2, 0.25) is 0 Å². The lowest BCUT2D eigenvalue weighted by Crippen LogP contribution is -2.46. The third kappa shape index (κ3) is 6.01. The monoisotopic (exact) mass is 476 g/mol. The van der Waals surface area contributed by atoms with Crippen LogP contribution in [0.1, 0.15) is 16.7 Å². The molecule has 0 bridgehead atoms. The molecule has 0 fully saturated rings. The fraction of sp³-hybridized carbons (Fsp3) is 0.222. The van der Waals surface area contributed by atoms with Gasteiger partial charge in [0.15, 0.2) is 0 Å². The standard InChI is InChI=1S/C18H16F3IN2O2/c19-18(20,21)13-5-1-12(2-6-13)10-16(25)24-15(17(23)26)9-11-3-7-14(22)8-4-11/h1-8,15H,9-10H2,(H2,23,26)(H,24,25)/t15-/m0/s1. The Morgan fingerprint density at radius 3 is 2.04 bits per heavy atom. The summed E-state index contributed by atoms with van der Waals surface area (Å²) in [6, 6.07) is 10.8. The summed E-state index contributed by atoms with van der Waals surface area (Å²) < 4.78 is 38.7. The van der Waals surface area contributed by atoms with E-state index in [1.807, 2.05) is 24.3 Å². The van der Waals surface area contributed by atoms with E-state index in [-0.39, 0.29) is 12.8 Å². The first kappa shape index (κ1) is 20.2. The van der Waals surface area contributed by atoms with E-state index in [4.69, 9.17) is 5.73 Å². The second-order valence-corrected chi connectivity index (χ2v) is 6.97. The average molecular weight is 476 g/mol. The van der Waals surface area contributed by atoms with Gasteiger partial charge in [-0.25, -0.2) is 0 Å². The molecular weight excluding hydrogens is 460 g/mol. The zero-order valence-corrected chi connectivity index (χ0v) is 15.7. The van der Waals surface area contributed by atoms with Crippen LogP contribution in [-0.2, 0) is 28.6 Å². The van der Waals surface area contributed by atoms with Crippen molar-refractivity contribution in [3.05, 3.63) is 68.8 Å². The Hall–Kier alpha value is -2.10. The summed E-state index contributed by atoms with van der Waals surface area (Å²) in [4.78, 5) is 23.7. The molecule has 8 heteroatoms. The molecule has 0 aliphatic rings. The summed E-state index contributed by atoms with van der Waals surface area (Å²) >= 11 is 2.15. The quantitative estimate of drug-likeness (QED) is 0.630. The Morgan fingerprint density at radius 1 is 1.00 bits per heavy atom. The molecule has 26 heavy (non-hydrogen) atoms. The van der Waals surface area contributed by atoms with Gasteiger partial charge in [-0.3, -0.25) is 9.59 Å². The number of hydrogen-bond acceptors (Lipinski definition) is 2. The van der Waals surface area contributed by atoms with Crippen LogP contribution < -0.4 is 11.1 Å². The Morgan fingerprint density at radius 2 is 1.54 bits per heavy atom. The molecule has 3 N–H and O–H groups in total. The van der Waals surface area contributed by atoms with Gasteiger partial charge in [0.2, 0.25) is 11.8 Å². The van der Waals surface area contributed by atoms with Crippen molar-refractivity contribution in [1.82, 2.24) is 5.32 Å². The Labute approximate surface area is 162 Å². The van der Waals surface area contributed by atoms with Crippen LogP contribution in [0.15, 0.2) is 48.5 Å². The van der Waals surface area contributed by atoms with Crippen LogP contribution in [0, 0.1) is 3.57 Å². The molecule has 0 heterocycles. The molecule has 2 rings (SSSR count). The molecule has 2 aromatic carbocycles. The van der Waals surface area contributed by atoms with Crippen LogP contribution in [0.3, 0.4) is 0 Å². The molecule has 0 saturated carbocycles. The van der Waals surface area contributed by atoms with Crippen LogP contribution >= 0.6 is 22.6 Å². The largest absolute Gasteiger partial charge is 0.416 e. The highest BCUT2D eigenvalue weighted by Gasteiger charge is 2.30. The normalized spacial score (nSPS) is 12.5. The molecule has 138 valence electrons. The highest BCUT2D eigenvalue weighted by Crippen LogP contribution is 2.29. The number of alkyl halides is 3. The number of carbonyl (C=O) groups is 2. The number of primary amides is 1. The summed E-state index contributed by atoms with van der Waals surface area (Å²) in [5, 5.41) is 2.54. The lowest BCUT2D eigenvalue weighted by molar-refractivity contribution is -0.137. The molecule has 0 spiro atoms. The lowest BCUT2D eigenvalue weighted by atomic mass is 10.0. The van der Waals surface area contributed by atoms with Gasteiger partial charge in [-0.15, -0.1) is 0 Å². The molecule has 0 radical (unpaired) electrons. The van der Waals surface area contributed by atoms with E-state index < -0.39 is 29.6 Å². The van der Waals surface area contributed by atoms with E-state index >= 15 is 0 Å². The van der Waals surface area contributed by atoms with E-state index in [0.29, 0.717) is 5.56 Å². The number of amides is 2. The third-order valence-electron chi connectivity index (χ3n) is 3.68. The summed E-state index contributed by atoms with van der Waals surface area (Å²) in [7, 11) is 0. The second-order valence-electron chi connectivity index (χ2n) is 5.72. The predicted octanol–water partition coefficient (Wildman–Crippen LogP) is 3.07. The Kier molecular flexibility index (Phi) is 6.63. The molecule has 2 amide bonds. The Bertz CT molecular complexity index is 775. The molecule has 1 atom stereocenters. The van der Waals surface area contributed by atoms with Gasteiger partial charge < -0.3 is 11.1 Å². The van der Waals surface area contributed by atoms with Crippen molar-refractivity contribution in [1.29, 1.82) is 0 Å². The SMILES string of the molecule is NC(=O)[C@H](Cc1ccc(I)cc1)NC(=O)Cc1ccc(C(F)(F)F)cc1. The van der Waals surface area contributed by atoms with Crippen molar-refractivity contribution >= 4 is 34.4 Å². The van der Waals surface area contributed by atoms with Crippen molar-refractivity contribution in [2.75, 3.05) is 0 Å². The smallest absolute Gasteiger partial charge is 0.368 e. The number of carbonyl (C=O) groups excluding carboxylic acids is 2. The second kappa shape index (κ2) is 8.52. The van der Waals surface area contributed by atoms with E-state index in [9.17, 15) is 22.8 Å². The van der Waals surface area contributed by atoms with E-state index in [1.165, 1.54) is 12.1 Å². The maximum Gasteiger partial charge on any atom is 0.416 e. The molecule has 2 aromatic rings. The fourth-order valence-electron chi connectivity index (χ4n) is 2.32. The minimum Gasteiger partial charge on any atom is -0.368 e. The number of nitrogens with two attached hydrogens (primary N) is 1. The first-order valence-electron chi connectivity index (χ1n) is 7.64. The topological polar surface area (TPSA) is 72.2 Å². The third-order valence-corrected chi connectivity index (χ3v) is 4.40. The van der Waals surface area contributed by atoms with E-state index in [2.05, 4.69) is 27.9 Å². The summed E-state index contributed by atoms with van der Waals surface area (Å²) in [5.74, 6) is -1.16. The van der Waals surface area contributed by atoms with Crippen molar-refractivity contribution in [3.8, 4) is 0 Å². The van der Waals surface area contributed by atoms with Gasteiger partial charge in [-0.1, -0.05) is 24.3 Å². The molecule has 4 nitrogen and oxygen atoms in total. The number of hydrogen-bond donors (Lipinski definition) is 2. The van der Waals surface area contributed by atoms with E-state index in [0.717, 1.165) is 21.3 Å². The first-order chi connectivity index (χ1) is 12.1. The van der Waals surface area contributed by atoms with Crippen molar-refractivity contribution in [3.63, 3.8) is 0 Å². The molecule has 0 unspecified atom stereocenters.